The molecule has 1 rings (SSSR count). The minimum atomic E-state index is -0.248. The Hall–Kier alpha value is -0.410. The second kappa shape index (κ2) is 3.99. The van der Waals surface area contributed by atoms with Gasteiger partial charge in [-0.25, -0.2) is 4.39 Å². The van der Waals surface area contributed by atoms with Crippen molar-refractivity contribution in [3.63, 3.8) is 0 Å². The van der Waals surface area contributed by atoms with Crippen molar-refractivity contribution in [2.75, 3.05) is 0 Å². The van der Waals surface area contributed by atoms with Crippen LogP contribution in [0.2, 0.25) is 0 Å². The highest BCUT2D eigenvalue weighted by Gasteiger charge is 2.23. The molecule has 1 unspecified atom stereocenters. The number of halogens is 2. The summed E-state index contributed by atoms with van der Waals surface area (Å²) in [6.07, 6.45) is 0. The van der Waals surface area contributed by atoms with E-state index in [1.165, 1.54) is 12.1 Å². The molecule has 0 aliphatic carbocycles. The number of rotatable bonds is 1. The standard InChI is InChI=1S/C11H15BrFN/c1-11(2,3)10(14)8-5-4-7(13)6-9(8)12/h4-6,10H,14H2,1-3H3. The summed E-state index contributed by atoms with van der Waals surface area (Å²) >= 11 is 3.32. The molecule has 3 heteroatoms. The van der Waals surface area contributed by atoms with Crippen molar-refractivity contribution in [1.29, 1.82) is 0 Å². The van der Waals surface area contributed by atoms with Gasteiger partial charge in [0.2, 0.25) is 0 Å². The van der Waals surface area contributed by atoms with Crippen LogP contribution >= 0.6 is 15.9 Å². The van der Waals surface area contributed by atoms with E-state index in [-0.39, 0.29) is 17.3 Å². The van der Waals surface area contributed by atoms with Gasteiger partial charge in [-0.1, -0.05) is 42.8 Å². The summed E-state index contributed by atoms with van der Waals surface area (Å²) in [6, 6.07) is 4.51. The predicted octanol–water partition coefficient (Wildman–Crippen LogP) is 3.63. The molecule has 1 atom stereocenters. The van der Waals surface area contributed by atoms with Crippen LogP contribution in [0.5, 0.6) is 0 Å². The van der Waals surface area contributed by atoms with E-state index in [0.29, 0.717) is 0 Å². The molecule has 1 nitrogen and oxygen atoms in total. The van der Waals surface area contributed by atoms with Crippen molar-refractivity contribution in [1.82, 2.24) is 0 Å². The lowest BCUT2D eigenvalue weighted by atomic mass is 9.83. The van der Waals surface area contributed by atoms with Crippen LogP contribution in [0.1, 0.15) is 32.4 Å². The van der Waals surface area contributed by atoms with Gasteiger partial charge in [-0.3, -0.25) is 0 Å². The maximum atomic E-state index is 12.8. The van der Waals surface area contributed by atoms with E-state index in [1.54, 1.807) is 6.07 Å². The van der Waals surface area contributed by atoms with Crippen molar-refractivity contribution < 1.29 is 4.39 Å². The van der Waals surface area contributed by atoms with E-state index in [0.717, 1.165) is 10.0 Å². The Labute approximate surface area is 92.6 Å². The molecule has 1 aromatic carbocycles. The monoisotopic (exact) mass is 259 g/mol. The van der Waals surface area contributed by atoms with Gasteiger partial charge in [-0.05, 0) is 23.1 Å². The van der Waals surface area contributed by atoms with Crippen molar-refractivity contribution >= 4 is 15.9 Å². The lowest BCUT2D eigenvalue weighted by Gasteiger charge is -2.28. The van der Waals surface area contributed by atoms with Crippen molar-refractivity contribution in [3.05, 3.63) is 34.1 Å². The maximum Gasteiger partial charge on any atom is 0.124 e. The summed E-state index contributed by atoms with van der Waals surface area (Å²) in [7, 11) is 0. The van der Waals surface area contributed by atoms with Gasteiger partial charge >= 0.3 is 0 Å². The first-order chi connectivity index (χ1) is 6.32. The van der Waals surface area contributed by atoms with Crippen molar-refractivity contribution in [2.45, 2.75) is 26.8 Å². The molecule has 0 aliphatic heterocycles. The minimum Gasteiger partial charge on any atom is -0.323 e. The molecule has 0 heterocycles. The average molecular weight is 260 g/mol. The van der Waals surface area contributed by atoms with Crippen molar-refractivity contribution in [3.8, 4) is 0 Å². The Kier molecular flexibility index (Phi) is 3.32. The fraction of sp³-hybridized carbons (Fsp3) is 0.455. The topological polar surface area (TPSA) is 26.0 Å². The first-order valence-electron chi connectivity index (χ1n) is 4.53. The van der Waals surface area contributed by atoms with Gasteiger partial charge in [0.1, 0.15) is 5.82 Å². The molecule has 1 aromatic rings. The molecular formula is C11H15BrFN. The van der Waals surface area contributed by atoms with Gasteiger partial charge < -0.3 is 5.73 Å². The molecule has 0 bridgehead atoms. The second-order valence-electron chi connectivity index (χ2n) is 4.51. The van der Waals surface area contributed by atoms with Gasteiger partial charge in [0, 0.05) is 10.5 Å². The molecule has 0 amide bonds. The Morgan fingerprint density at radius 1 is 1.36 bits per heavy atom. The highest BCUT2D eigenvalue weighted by atomic mass is 79.9. The highest BCUT2D eigenvalue weighted by molar-refractivity contribution is 9.10. The van der Waals surface area contributed by atoms with Crippen LogP contribution in [0.15, 0.2) is 22.7 Å². The third-order valence-electron chi connectivity index (χ3n) is 2.23. The molecule has 0 radical (unpaired) electrons. The molecule has 2 N–H and O–H groups in total. The first-order valence-corrected chi connectivity index (χ1v) is 5.32. The molecule has 0 spiro atoms. The van der Waals surface area contributed by atoms with Crippen LogP contribution in [-0.4, -0.2) is 0 Å². The summed E-state index contributed by atoms with van der Waals surface area (Å²) in [6.45, 7) is 6.19. The van der Waals surface area contributed by atoms with Crippen LogP contribution in [0.4, 0.5) is 4.39 Å². The lowest BCUT2D eigenvalue weighted by molar-refractivity contribution is 0.326. The van der Waals surface area contributed by atoms with E-state index >= 15 is 0 Å². The quantitative estimate of drug-likeness (QED) is 0.819. The molecule has 0 aromatic heterocycles. The minimum absolute atomic E-state index is 0.0274. The van der Waals surface area contributed by atoms with Gasteiger partial charge in [-0.15, -0.1) is 0 Å². The molecule has 78 valence electrons. The Morgan fingerprint density at radius 2 is 1.93 bits per heavy atom. The summed E-state index contributed by atoms with van der Waals surface area (Å²) in [4.78, 5) is 0. The van der Waals surface area contributed by atoms with Crippen LogP contribution in [-0.2, 0) is 0 Å². The molecule has 0 aliphatic rings. The zero-order chi connectivity index (χ0) is 10.9. The fourth-order valence-electron chi connectivity index (χ4n) is 1.22. The van der Waals surface area contributed by atoms with E-state index in [4.69, 9.17) is 5.73 Å². The zero-order valence-corrected chi connectivity index (χ0v) is 10.2. The summed E-state index contributed by atoms with van der Waals surface area (Å²) in [5, 5.41) is 0. The molecule has 0 saturated carbocycles. The normalized spacial score (nSPS) is 14.1. The van der Waals surface area contributed by atoms with Crippen LogP contribution in [0.25, 0.3) is 0 Å². The van der Waals surface area contributed by atoms with E-state index < -0.39 is 0 Å². The van der Waals surface area contributed by atoms with Crippen LogP contribution in [0, 0.1) is 11.2 Å². The fourth-order valence-corrected chi connectivity index (χ4v) is 1.82. The number of hydrogen-bond acceptors (Lipinski definition) is 1. The van der Waals surface area contributed by atoms with E-state index in [1.807, 2.05) is 0 Å². The van der Waals surface area contributed by atoms with Crippen LogP contribution in [0.3, 0.4) is 0 Å². The molecule has 14 heavy (non-hydrogen) atoms. The second-order valence-corrected chi connectivity index (χ2v) is 5.36. The largest absolute Gasteiger partial charge is 0.323 e. The summed E-state index contributed by atoms with van der Waals surface area (Å²) < 4.78 is 13.6. The lowest BCUT2D eigenvalue weighted by Crippen LogP contribution is -2.26. The van der Waals surface area contributed by atoms with Crippen LogP contribution < -0.4 is 5.73 Å². The number of benzene rings is 1. The highest BCUT2D eigenvalue weighted by Crippen LogP contribution is 2.34. The van der Waals surface area contributed by atoms with E-state index in [9.17, 15) is 4.39 Å². The predicted molar refractivity (Wildman–Crippen MR) is 60.5 cm³/mol. The third kappa shape index (κ3) is 2.55. The number of hydrogen-bond donors (Lipinski definition) is 1. The van der Waals surface area contributed by atoms with Crippen molar-refractivity contribution in [2.24, 2.45) is 11.1 Å². The van der Waals surface area contributed by atoms with Gasteiger partial charge in [0.05, 0.1) is 0 Å². The SMILES string of the molecule is CC(C)(C)C(N)c1ccc(F)cc1Br. The van der Waals surface area contributed by atoms with E-state index in [2.05, 4.69) is 36.7 Å². The molecular weight excluding hydrogens is 245 g/mol. The smallest absolute Gasteiger partial charge is 0.124 e. The molecule has 0 fully saturated rings. The molecule has 0 saturated heterocycles. The Bertz CT molecular complexity index is 331. The summed E-state index contributed by atoms with van der Waals surface area (Å²) in [5.41, 5.74) is 6.99. The van der Waals surface area contributed by atoms with Gasteiger partial charge in [-0.2, -0.15) is 0 Å². The Morgan fingerprint density at radius 3 is 2.36 bits per heavy atom. The maximum absolute atomic E-state index is 12.8. The summed E-state index contributed by atoms with van der Waals surface area (Å²) in [5.74, 6) is -0.248. The Balaban J connectivity index is 3.08. The van der Waals surface area contributed by atoms with Gasteiger partial charge in [0.15, 0.2) is 0 Å². The van der Waals surface area contributed by atoms with Gasteiger partial charge in [0.25, 0.3) is 0 Å². The first kappa shape index (κ1) is 11.7. The average Bonchev–Trinajstić information content (AvgIpc) is 2.01. The zero-order valence-electron chi connectivity index (χ0n) is 8.64. The third-order valence-corrected chi connectivity index (χ3v) is 2.92. The number of nitrogens with two attached hydrogens (primary N) is 1.